The van der Waals surface area contributed by atoms with E-state index in [0.717, 1.165) is 60.7 Å². The summed E-state index contributed by atoms with van der Waals surface area (Å²) in [4.78, 5) is 6.97. The predicted molar refractivity (Wildman–Crippen MR) is 110 cm³/mol. The van der Waals surface area contributed by atoms with Gasteiger partial charge in [0.05, 0.1) is 19.1 Å². The van der Waals surface area contributed by atoms with Gasteiger partial charge in [0, 0.05) is 43.7 Å². The second kappa shape index (κ2) is 9.55. The first-order chi connectivity index (χ1) is 13.2. The molecule has 1 aromatic carbocycles. The third kappa shape index (κ3) is 5.32. The highest BCUT2D eigenvalue weighted by atomic mass is 35.5. The molecule has 2 aromatic rings. The van der Waals surface area contributed by atoms with Gasteiger partial charge in [-0.3, -0.25) is 4.99 Å². The molecule has 0 aliphatic carbocycles. The number of aliphatic imine (C=N–C) groups is 1. The molecule has 0 radical (unpaired) electrons. The molecule has 1 saturated heterocycles. The standard InChI is InChI=1S/C20H27ClN4O2/c1-3-22-20(23-10-8-17-5-4-12-27-17)24-16-9-11-25(14-16)18-13-15(21)6-7-19(18)26-2/h4-7,12-13,16H,3,8-11,14H2,1-2H3,(H2,22,23,24). The van der Waals surface area contributed by atoms with Gasteiger partial charge in [-0.25, -0.2) is 0 Å². The van der Waals surface area contributed by atoms with Crippen LogP contribution in [0.2, 0.25) is 5.02 Å². The Hall–Kier alpha value is -2.34. The van der Waals surface area contributed by atoms with Crippen molar-refractivity contribution in [2.45, 2.75) is 25.8 Å². The highest BCUT2D eigenvalue weighted by Crippen LogP contribution is 2.33. The van der Waals surface area contributed by atoms with Gasteiger partial charge in [-0.2, -0.15) is 0 Å². The maximum absolute atomic E-state index is 6.18. The third-order valence-electron chi connectivity index (χ3n) is 4.56. The maximum atomic E-state index is 6.18. The zero-order valence-corrected chi connectivity index (χ0v) is 16.6. The number of hydrogen-bond donors (Lipinski definition) is 2. The van der Waals surface area contributed by atoms with Crippen molar-refractivity contribution in [1.29, 1.82) is 0 Å². The average Bonchev–Trinajstić information content (AvgIpc) is 3.34. The van der Waals surface area contributed by atoms with Crippen molar-refractivity contribution in [3.8, 4) is 5.75 Å². The number of halogens is 1. The number of benzene rings is 1. The maximum Gasteiger partial charge on any atom is 0.191 e. The molecule has 0 bridgehead atoms. The molecule has 0 spiro atoms. The molecular weight excluding hydrogens is 364 g/mol. The fraction of sp³-hybridized carbons (Fsp3) is 0.450. The van der Waals surface area contributed by atoms with E-state index in [0.29, 0.717) is 12.6 Å². The number of methoxy groups -OCH3 is 1. The third-order valence-corrected chi connectivity index (χ3v) is 4.80. The van der Waals surface area contributed by atoms with Crippen LogP contribution in [-0.2, 0) is 6.42 Å². The predicted octanol–water partition coefficient (Wildman–Crippen LogP) is 3.32. The summed E-state index contributed by atoms with van der Waals surface area (Å²) in [7, 11) is 1.69. The molecular formula is C20H27ClN4O2. The van der Waals surface area contributed by atoms with Gasteiger partial charge in [0.15, 0.2) is 5.96 Å². The van der Waals surface area contributed by atoms with Crippen LogP contribution in [0.4, 0.5) is 5.69 Å². The normalized spacial score (nSPS) is 17.2. The van der Waals surface area contributed by atoms with Crippen LogP contribution in [0.3, 0.4) is 0 Å². The smallest absolute Gasteiger partial charge is 0.191 e. The zero-order valence-electron chi connectivity index (χ0n) is 15.9. The minimum Gasteiger partial charge on any atom is -0.495 e. The van der Waals surface area contributed by atoms with Gasteiger partial charge in [0.2, 0.25) is 0 Å². The van der Waals surface area contributed by atoms with Crippen molar-refractivity contribution in [3.63, 3.8) is 0 Å². The van der Waals surface area contributed by atoms with Gasteiger partial charge in [-0.15, -0.1) is 0 Å². The summed E-state index contributed by atoms with van der Waals surface area (Å²) in [6, 6.07) is 9.92. The molecule has 0 saturated carbocycles. The van der Waals surface area contributed by atoms with Crippen molar-refractivity contribution >= 4 is 23.2 Å². The number of rotatable bonds is 7. The van der Waals surface area contributed by atoms with E-state index in [2.05, 4.69) is 27.4 Å². The van der Waals surface area contributed by atoms with Crippen LogP contribution in [-0.4, -0.2) is 45.3 Å². The topological polar surface area (TPSA) is 62.0 Å². The molecule has 1 unspecified atom stereocenters. The van der Waals surface area contributed by atoms with Crippen molar-refractivity contribution < 1.29 is 9.15 Å². The van der Waals surface area contributed by atoms with Crippen molar-refractivity contribution in [1.82, 2.24) is 10.6 Å². The summed E-state index contributed by atoms with van der Waals surface area (Å²) in [5.41, 5.74) is 1.04. The Balaban J connectivity index is 1.59. The summed E-state index contributed by atoms with van der Waals surface area (Å²) in [6.45, 7) is 5.40. The Morgan fingerprint density at radius 3 is 3.04 bits per heavy atom. The van der Waals surface area contributed by atoms with Crippen molar-refractivity contribution in [2.75, 3.05) is 38.2 Å². The van der Waals surface area contributed by atoms with E-state index in [1.807, 2.05) is 30.3 Å². The van der Waals surface area contributed by atoms with E-state index in [1.54, 1.807) is 13.4 Å². The van der Waals surface area contributed by atoms with Gasteiger partial charge >= 0.3 is 0 Å². The Labute approximate surface area is 165 Å². The Morgan fingerprint density at radius 1 is 1.41 bits per heavy atom. The fourth-order valence-electron chi connectivity index (χ4n) is 3.25. The SMILES string of the molecule is CCNC(=NCCc1ccco1)NC1CCN(c2cc(Cl)ccc2OC)C1. The van der Waals surface area contributed by atoms with E-state index in [9.17, 15) is 0 Å². The van der Waals surface area contributed by atoms with E-state index in [1.165, 1.54) is 0 Å². The molecule has 1 aliphatic heterocycles. The van der Waals surface area contributed by atoms with Crippen LogP contribution in [0.15, 0.2) is 46.0 Å². The first-order valence-corrected chi connectivity index (χ1v) is 9.73. The molecule has 27 heavy (non-hydrogen) atoms. The van der Waals surface area contributed by atoms with Crippen LogP contribution in [0.5, 0.6) is 5.75 Å². The fourth-order valence-corrected chi connectivity index (χ4v) is 3.42. The first kappa shape index (κ1) is 19.4. The minimum absolute atomic E-state index is 0.315. The minimum atomic E-state index is 0.315. The number of ether oxygens (including phenoxy) is 1. The number of furan rings is 1. The van der Waals surface area contributed by atoms with Gasteiger partial charge in [0.25, 0.3) is 0 Å². The number of hydrogen-bond acceptors (Lipinski definition) is 4. The number of guanidine groups is 1. The van der Waals surface area contributed by atoms with Crippen LogP contribution in [0, 0.1) is 0 Å². The Kier molecular flexibility index (Phi) is 6.87. The molecule has 6 nitrogen and oxygen atoms in total. The molecule has 3 rings (SSSR count). The van der Waals surface area contributed by atoms with Crippen molar-refractivity contribution in [3.05, 3.63) is 47.4 Å². The molecule has 2 heterocycles. The lowest BCUT2D eigenvalue weighted by Gasteiger charge is -2.22. The number of nitrogens with one attached hydrogen (secondary N) is 2. The molecule has 1 aromatic heterocycles. The summed E-state index contributed by atoms with van der Waals surface area (Å²) in [5, 5.41) is 7.58. The molecule has 0 amide bonds. The molecule has 7 heteroatoms. The summed E-state index contributed by atoms with van der Waals surface area (Å²) in [6.07, 6.45) is 3.51. The summed E-state index contributed by atoms with van der Waals surface area (Å²) in [5.74, 6) is 2.64. The Morgan fingerprint density at radius 2 is 2.30 bits per heavy atom. The lowest BCUT2D eigenvalue weighted by atomic mass is 10.2. The van der Waals surface area contributed by atoms with E-state index in [-0.39, 0.29) is 0 Å². The first-order valence-electron chi connectivity index (χ1n) is 9.35. The van der Waals surface area contributed by atoms with Crippen LogP contribution in [0.25, 0.3) is 0 Å². The van der Waals surface area contributed by atoms with Crippen LogP contribution >= 0.6 is 11.6 Å². The lowest BCUT2D eigenvalue weighted by Crippen LogP contribution is -2.44. The average molecular weight is 391 g/mol. The van der Waals surface area contributed by atoms with Gasteiger partial charge in [-0.05, 0) is 43.7 Å². The quantitative estimate of drug-likeness (QED) is 0.561. The lowest BCUT2D eigenvalue weighted by molar-refractivity contribution is 0.415. The number of anilines is 1. The largest absolute Gasteiger partial charge is 0.495 e. The van der Waals surface area contributed by atoms with Gasteiger partial charge in [0.1, 0.15) is 11.5 Å². The van der Waals surface area contributed by atoms with E-state index in [4.69, 9.17) is 20.8 Å². The Bertz CT molecular complexity index is 748. The van der Waals surface area contributed by atoms with E-state index < -0.39 is 0 Å². The second-order valence-electron chi connectivity index (χ2n) is 6.48. The van der Waals surface area contributed by atoms with Gasteiger partial charge in [-0.1, -0.05) is 11.6 Å². The van der Waals surface area contributed by atoms with E-state index >= 15 is 0 Å². The van der Waals surface area contributed by atoms with Crippen LogP contribution in [0.1, 0.15) is 19.1 Å². The summed E-state index contributed by atoms with van der Waals surface area (Å²) < 4.78 is 10.9. The second-order valence-corrected chi connectivity index (χ2v) is 6.92. The highest BCUT2D eigenvalue weighted by Gasteiger charge is 2.25. The summed E-state index contributed by atoms with van der Waals surface area (Å²) >= 11 is 6.18. The molecule has 1 fully saturated rings. The molecule has 2 N–H and O–H groups in total. The zero-order chi connectivity index (χ0) is 19.1. The monoisotopic (exact) mass is 390 g/mol. The number of nitrogens with zero attached hydrogens (tertiary/aromatic N) is 2. The molecule has 1 aliphatic rings. The van der Waals surface area contributed by atoms with Crippen molar-refractivity contribution in [2.24, 2.45) is 4.99 Å². The highest BCUT2D eigenvalue weighted by molar-refractivity contribution is 6.30. The van der Waals surface area contributed by atoms with Crippen LogP contribution < -0.4 is 20.3 Å². The molecule has 146 valence electrons. The van der Waals surface area contributed by atoms with Gasteiger partial charge < -0.3 is 24.7 Å². The molecule has 1 atom stereocenters.